The molecule has 0 atom stereocenters. The number of halogens is 1. The molecule has 1 aromatic rings. The van der Waals surface area contributed by atoms with Crippen molar-refractivity contribution in [3.8, 4) is 0 Å². The Labute approximate surface area is 97.6 Å². The molecule has 0 heterocycles. The van der Waals surface area contributed by atoms with Crippen molar-refractivity contribution in [2.45, 2.75) is 12.8 Å². The summed E-state index contributed by atoms with van der Waals surface area (Å²) < 4.78 is 1.09. The van der Waals surface area contributed by atoms with E-state index in [9.17, 15) is 4.79 Å². The maximum atomic E-state index is 10.5. The van der Waals surface area contributed by atoms with Gasteiger partial charge in [-0.25, -0.2) is 0 Å². The molecule has 0 saturated carbocycles. The number of hydrogen-bond acceptors (Lipinski definition) is 1. The molecule has 0 unspecified atom stereocenters. The molecule has 1 aliphatic carbocycles. The number of aldehydes is 1. The molecule has 1 aromatic carbocycles. The van der Waals surface area contributed by atoms with Crippen LogP contribution in [-0.2, 0) is 4.79 Å². The summed E-state index contributed by atoms with van der Waals surface area (Å²) in [6.07, 6.45) is 6.69. The summed E-state index contributed by atoms with van der Waals surface area (Å²) in [7, 11) is 0. The first-order valence-corrected chi connectivity index (χ1v) is 5.70. The Balaban J connectivity index is 2.26. The third-order valence-electron chi connectivity index (χ3n) is 2.55. The van der Waals surface area contributed by atoms with Gasteiger partial charge in [0.25, 0.3) is 0 Å². The van der Waals surface area contributed by atoms with Crippen LogP contribution in [0.15, 0.2) is 46.5 Å². The van der Waals surface area contributed by atoms with E-state index in [4.69, 9.17) is 0 Å². The molecule has 0 bridgehead atoms. The molecule has 0 saturated heterocycles. The zero-order valence-corrected chi connectivity index (χ0v) is 9.83. The van der Waals surface area contributed by atoms with E-state index in [-0.39, 0.29) is 0 Å². The van der Waals surface area contributed by atoms with Gasteiger partial charge in [0.2, 0.25) is 0 Å². The Hall–Kier alpha value is -1.15. The van der Waals surface area contributed by atoms with Gasteiger partial charge in [0.15, 0.2) is 0 Å². The van der Waals surface area contributed by atoms with Crippen molar-refractivity contribution in [1.29, 1.82) is 0 Å². The second-order valence-electron chi connectivity index (χ2n) is 3.56. The minimum Gasteiger partial charge on any atom is -0.298 e. The highest BCUT2D eigenvalue weighted by atomic mass is 79.9. The van der Waals surface area contributed by atoms with Crippen molar-refractivity contribution in [3.05, 3.63) is 52.0 Å². The molecule has 1 aliphatic rings. The molecule has 2 rings (SSSR count). The Morgan fingerprint density at radius 2 is 1.80 bits per heavy atom. The van der Waals surface area contributed by atoms with Gasteiger partial charge < -0.3 is 0 Å². The lowest BCUT2D eigenvalue weighted by Crippen LogP contribution is -1.94. The van der Waals surface area contributed by atoms with Crippen molar-refractivity contribution >= 4 is 27.8 Å². The summed E-state index contributed by atoms with van der Waals surface area (Å²) in [4.78, 5) is 10.5. The zero-order valence-electron chi connectivity index (χ0n) is 8.24. The Bertz CT molecular complexity index is 426. The van der Waals surface area contributed by atoms with Crippen LogP contribution in [0.25, 0.3) is 5.57 Å². The van der Waals surface area contributed by atoms with Crippen LogP contribution in [0.4, 0.5) is 0 Å². The Morgan fingerprint density at radius 3 is 2.33 bits per heavy atom. The number of benzene rings is 1. The van der Waals surface area contributed by atoms with Crippen molar-refractivity contribution in [3.63, 3.8) is 0 Å². The predicted octanol–water partition coefficient (Wildman–Crippen LogP) is 3.75. The van der Waals surface area contributed by atoms with Crippen LogP contribution in [0.5, 0.6) is 0 Å². The van der Waals surface area contributed by atoms with Gasteiger partial charge in [0.1, 0.15) is 6.29 Å². The van der Waals surface area contributed by atoms with Gasteiger partial charge in [-0.3, -0.25) is 4.79 Å². The lowest BCUT2D eigenvalue weighted by molar-refractivity contribution is -0.105. The highest BCUT2D eigenvalue weighted by molar-refractivity contribution is 9.10. The van der Waals surface area contributed by atoms with Crippen LogP contribution in [-0.4, -0.2) is 6.29 Å². The second-order valence-corrected chi connectivity index (χ2v) is 4.47. The first-order chi connectivity index (χ1) is 7.29. The standard InChI is InChI=1S/C13H11BrO/c14-13-7-5-12(6-8-13)11-3-1-10(9-15)2-4-11/h1,3,5-9H,2,4H2. The smallest absolute Gasteiger partial charge is 0.146 e. The van der Waals surface area contributed by atoms with Gasteiger partial charge in [-0.2, -0.15) is 0 Å². The Kier molecular flexibility index (Phi) is 3.17. The van der Waals surface area contributed by atoms with Gasteiger partial charge in [0.05, 0.1) is 0 Å². The number of hydrogen-bond donors (Lipinski definition) is 0. The number of carbonyl (C=O) groups is 1. The molecule has 0 amide bonds. The predicted molar refractivity (Wildman–Crippen MR) is 65.5 cm³/mol. The van der Waals surface area contributed by atoms with Gasteiger partial charge in [-0.15, -0.1) is 0 Å². The average Bonchev–Trinajstić information content (AvgIpc) is 2.30. The van der Waals surface area contributed by atoms with Gasteiger partial charge in [-0.1, -0.05) is 40.2 Å². The maximum Gasteiger partial charge on any atom is 0.146 e. The topological polar surface area (TPSA) is 17.1 Å². The van der Waals surface area contributed by atoms with Crippen molar-refractivity contribution < 1.29 is 4.79 Å². The largest absolute Gasteiger partial charge is 0.298 e. The molecule has 1 nitrogen and oxygen atoms in total. The lowest BCUT2D eigenvalue weighted by Gasteiger charge is -2.11. The van der Waals surface area contributed by atoms with E-state index in [0.29, 0.717) is 0 Å². The van der Waals surface area contributed by atoms with E-state index < -0.39 is 0 Å². The zero-order chi connectivity index (χ0) is 10.7. The highest BCUT2D eigenvalue weighted by Crippen LogP contribution is 2.26. The molecular weight excluding hydrogens is 252 g/mol. The minimum atomic E-state index is 0.853. The van der Waals surface area contributed by atoms with Crippen LogP contribution in [0.2, 0.25) is 0 Å². The maximum absolute atomic E-state index is 10.5. The molecule has 0 aliphatic heterocycles. The second kappa shape index (κ2) is 4.58. The van der Waals surface area contributed by atoms with Crippen LogP contribution >= 0.6 is 15.9 Å². The SMILES string of the molecule is O=CC1=CC=C(c2ccc(Br)cc2)CC1. The molecular formula is C13H11BrO. The quantitative estimate of drug-likeness (QED) is 0.742. The monoisotopic (exact) mass is 262 g/mol. The third-order valence-corrected chi connectivity index (χ3v) is 3.08. The van der Waals surface area contributed by atoms with Gasteiger partial charge in [0, 0.05) is 4.47 Å². The number of rotatable bonds is 2. The molecule has 0 fully saturated rings. The van der Waals surface area contributed by atoms with E-state index in [1.54, 1.807) is 0 Å². The summed E-state index contributed by atoms with van der Waals surface area (Å²) in [5.41, 5.74) is 3.42. The van der Waals surface area contributed by atoms with Crippen molar-refractivity contribution in [1.82, 2.24) is 0 Å². The summed E-state index contributed by atoms with van der Waals surface area (Å²) >= 11 is 3.41. The van der Waals surface area contributed by atoms with E-state index in [1.807, 2.05) is 24.3 Å². The molecule has 15 heavy (non-hydrogen) atoms. The molecule has 0 aromatic heterocycles. The van der Waals surface area contributed by atoms with Crippen molar-refractivity contribution in [2.24, 2.45) is 0 Å². The van der Waals surface area contributed by atoms with E-state index in [0.717, 1.165) is 29.2 Å². The third kappa shape index (κ3) is 2.45. The van der Waals surface area contributed by atoms with E-state index in [2.05, 4.69) is 28.1 Å². The summed E-state index contributed by atoms with van der Waals surface area (Å²) in [6, 6.07) is 8.26. The fourth-order valence-electron chi connectivity index (χ4n) is 1.66. The minimum absolute atomic E-state index is 0.853. The molecule has 0 radical (unpaired) electrons. The first kappa shape index (κ1) is 10.4. The average molecular weight is 263 g/mol. The summed E-state index contributed by atoms with van der Waals surface area (Å²) in [6.45, 7) is 0. The summed E-state index contributed by atoms with van der Waals surface area (Å²) in [5, 5.41) is 0. The highest BCUT2D eigenvalue weighted by Gasteiger charge is 2.07. The number of carbonyl (C=O) groups excluding carboxylic acids is 1. The van der Waals surface area contributed by atoms with Gasteiger partial charge in [-0.05, 0) is 41.7 Å². The molecule has 0 spiro atoms. The van der Waals surface area contributed by atoms with Crippen LogP contribution in [0.3, 0.4) is 0 Å². The van der Waals surface area contributed by atoms with Crippen LogP contribution in [0.1, 0.15) is 18.4 Å². The Morgan fingerprint density at radius 1 is 1.07 bits per heavy atom. The first-order valence-electron chi connectivity index (χ1n) is 4.90. The normalized spacial score (nSPS) is 15.5. The number of allylic oxidation sites excluding steroid dienone is 4. The molecule has 76 valence electrons. The summed E-state index contributed by atoms with van der Waals surface area (Å²) in [5.74, 6) is 0. The van der Waals surface area contributed by atoms with E-state index >= 15 is 0 Å². The molecule has 2 heteroatoms. The van der Waals surface area contributed by atoms with Crippen molar-refractivity contribution in [2.75, 3.05) is 0 Å². The van der Waals surface area contributed by atoms with Gasteiger partial charge >= 0.3 is 0 Å². The van der Waals surface area contributed by atoms with E-state index in [1.165, 1.54) is 11.1 Å². The molecule has 0 N–H and O–H groups in total. The fraction of sp³-hybridized carbons (Fsp3) is 0.154. The fourth-order valence-corrected chi connectivity index (χ4v) is 1.92. The lowest BCUT2D eigenvalue weighted by atomic mass is 9.94. The van der Waals surface area contributed by atoms with Crippen LogP contribution in [0, 0.1) is 0 Å². The van der Waals surface area contributed by atoms with Crippen LogP contribution < -0.4 is 0 Å².